The molecule has 0 radical (unpaired) electrons. The highest BCUT2D eigenvalue weighted by Gasteiger charge is 2.24. The number of nitrogens with zero attached hydrogens (tertiary/aromatic N) is 4. The molecule has 3 aromatic heterocycles. The van der Waals surface area contributed by atoms with Crippen molar-refractivity contribution in [3.8, 4) is 17.0 Å². The van der Waals surface area contributed by atoms with Crippen LogP contribution in [0.15, 0.2) is 39.9 Å². The van der Waals surface area contributed by atoms with E-state index in [2.05, 4.69) is 15.2 Å². The van der Waals surface area contributed by atoms with Crippen LogP contribution in [-0.2, 0) is 18.9 Å². The van der Waals surface area contributed by atoms with Crippen LogP contribution in [0.5, 0.6) is 5.75 Å². The summed E-state index contributed by atoms with van der Waals surface area (Å²) in [5.74, 6) is -0.564. The predicted molar refractivity (Wildman–Crippen MR) is 98.6 cm³/mol. The van der Waals surface area contributed by atoms with E-state index in [1.807, 2.05) is 30.3 Å². The van der Waals surface area contributed by atoms with Crippen LogP contribution >= 0.6 is 0 Å². The number of pyridine rings is 1. The molecule has 0 spiro atoms. The standard InChI is InChI=1S/C18H15N5O4/c1-9(24)27-14-11-13(10-7-5-4-6-8-10)20-21-15(11)19-16-12(14)17(25)23(3)18(26)22(16)2/h4-8H,1-3H3,(H,19,20,21). The van der Waals surface area contributed by atoms with Gasteiger partial charge in [0.25, 0.3) is 5.56 Å². The number of carbonyl (C=O) groups is 1. The number of hydrogen-bond donors (Lipinski definition) is 1. The number of aromatic amines is 1. The van der Waals surface area contributed by atoms with Gasteiger partial charge in [0.05, 0.1) is 11.1 Å². The minimum absolute atomic E-state index is 0.0336. The molecule has 4 rings (SSSR count). The Morgan fingerprint density at radius 1 is 1.07 bits per heavy atom. The van der Waals surface area contributed by atoms with Gasteiger partial charge in [0.15, 0.2) is 17.0 Å². The summed E-state index contributed by atoms with van der Waals surface area (Å²) in [5.41, 5.74) is 0.549. The van der Waals surface area contributed by atoms with Crippen LogP contribution in [0.1, 0.15) is 6.92 Å². The van der Waals surface area contributed by atoms with E-state index in [1.165, 1.54) is 25.6 Å². The van der Waals surface area contributed by atoms with Crippen LogP contribution < -0.4 is 16.0 Å². The first-order chi connectivity index (χ1) is 12.9. The van der Waals surface area contributed by atoms with Gasteiger partial charge >= 0.3 is 11.7 Å². The van der Waals surface area contributed by atoms with Crippen molar-refractivity contribution in [1.82, 2.24) is 24.3 Å². The highest BCUT2D eigenvalue weighted by atomic mass is 16.5. The fourth-order valence-electron chi connectivity index (χ4n) is 3.08. The molecule has 0 amide bonds. The second-order valence-electron chi connectivity index (χ2n) is 6.10. The molecule has 0 saturated carbocycles. The Morgan fingerprint density at radius 2 is 1.78 bits per heavy atom. The average molecular weight is 365 g/mol. The number of aromatic nitrogens is 5. The molecule has 9 heteroatoms. The maximum atomic E-state index is 12.8. The molecule has 1 N–H and O–H groups in total. The summed E-state index contributed by atoms with van der Waals surface area (Å²) < 4.78 is 7.60. The van der Waals surface area contributed by atoms with E-state index in [9.17, 15) is 14.4 Å². The second-order valence-corrected chi connectivity index (χ2v) is 6.10. The third-order valence-corrected chi connectivity index (χ3v) is 4.36. The Bertz CT molecular complexity index is 1330. The summed E-state index contributed by atoms with van der Waals surface area (Å²) in [6.07, 6.45) is 0. The Labute approximate surface area is 151 Å². The number of nitrogens with one attached hydrogen (secondary N) is 1. The van der Waals surface area contributed by atoms with Gasteiger partial charge in [0, 0.05) is 26.6 Å². The first-order valence-corrected chi connectivity index (χ1v) is 8.11. The summed E-state index contributed by atoms with van der Waals surface area (Å²) in [6.45, 7) is 1.24. The van der Waals surface area contributed by atoms with Gasteiger partial charge in [-0.15, -0.1) is 0 Å². The molecule has 0 aliphatic carbocycles. The van der Waals surface area contributed by atoms with Crippen LogP contribution in [0.3, 0.4) is 0 Å². The van der Waals surface area contributed by atoms with E-state index >= 15 is 0 Å². The molecule has 0 unspecified atom stereocenters. The summed E-state index contributed by atoms with van der Waals surface area (Å²) >= 11 is 0. The Morgan fingerprint density at radius 3 is 2.44 bits per heavy atom. The number of rotatable bonds is 2. The van der Waals surface area contributed by atoms with Gasteiger partial charge in [-0.25, -0.2) is 9.78 Å². The summed E-state index contributed by atoms with van der Waals surface area (Å²) in [7, 11) is 2.85. The molecule has 0 atom stereocenters. The van der Waals surface area contributed by atoms with Crippen molar-refractivity contribution >= 4 is 28.0 Å². The van der Waals surface area contributed by atoms with Gasteiger partial charge in [-0.3, -0.25) is 23.8 Å². The normalized spacial score (nSPS) is 11.2. The fraction of sp³-hybridized carbons (Fsp3) is 0.167. The fourth-order valence-corrected chi connectivity index (χ4v) is 3.08. The monoisotopic (exact) mass is 365 g/mol. The lowest BCUT2D eigenvalue weighted by molar-refractivity contribution is -0.131. The van der Waals surface area contributed by atoms with Crippen molar-refractivity contribution < 1.29 is 9.53 Å². The molecule has 3 heterocycles. The van der Waals surface area contributed by atoms with Crippen molar-refractivity contribution in [2.75, 3.05) is 0 Å². The van der Waals surface area contributed by atoms with Crippen molar-refractivity contribution in [3.05, 3.63) is 51.2 Å². The smallest absolute Gasteiger partial charge is 0.332 e. The number of ether oxygens (including phenoxy) is 1. The highest BCUT2D eigenvalue weighted by Crippen LogP contribution is 2.36. The van der Waals surface area contributed by atoms with Crippen molar-refractivity contribution in [3.63, 3.8) is 0 Å². The quantitative estimate of drug-likeness (QED) is 0.533. The minimum atomic E-state index is -0.598. The second kappa shape index (κ2) is 5.90. The largest absolute Gasteiger partial charge is 0.425 e. The molecule has 0 aliphatic heterocycles. The number of benzene rings is 1. The van der Waals surface area contributed by atoms with Crippen LogP contribution in [0.4, 0.5) is 0 Å². The summed E-state index contributed by atoms with van der Waals surface area (Å²) in [6, 6.07) is 9.28. The van der Waals surface area contributed by atoms with Crippen molar-refractivity contribution in [2.45, 2.75) is 6.92 Å². The van der Waals surface area contributed by atoms with E-state index < -0.39 is 17.2 Å². The third-order valence-electron chi connectivity index (χ3n) is 4.36. The van der Waals surface area contributed by atoms with E-state index in [4.69, 9.17) is 4.74 Å². The van der Waals surface area contributed by atoms with Gasteiger partial charge in [-0.2, -0.15) is 5.10 Å². The lowest BCUT2D eigenvalue weighted by Gasteiger charge is -2.11. The zero-order valence-electron chi connectivity index (χ0n) is 14.8. The first kappa shape index (κ1) is 16.7. The van der Waals surface area contributed by atoms with E-state index in [0.29, 0.717) is 11.1 Å². The number of carbonyl (C=O) groups excluding carboxylic acids is 1. The molecule has 27 heavy (non-hydrogen) atoms. The lowest BCUT2D eigenvalue weighted by Crippen LogP contribution is -2.37. The van der Waals surface area contributed by atoms with Gasteiger partial charge in [0.2, 0.25) is 0 Å². The zero-order valence-corrected chi connectivity index (χ0v) is 14.8. The first-order valence-electron chi connectivity index (χ1n) is 8.11. The predicted octanol–water partition coefficient (Wildman–Crippen LogP) is 1.10. The van der Waals surface area contributed by atoms with Gasteiger partial charge in [-0.05, 0) is 0 Å². The molecule has 0 aliphatic rings. The molecule has 0 saturated heterocycles. The Kier molecular flexibility index (Phi) is 3.65. The Hall–Kier alpha value is -3.75. The average Bonchev–Trinajstić information content (AvgIpc) is 3.08. The van der Waals surface area contributed by atoms with Gasteiger partial charge in [-0.1, -0.05) is 30.3 Å². The van der Waals surface area contributed by atoms with E-state index in [1.54, 1.807) is 0 Å². The Balaban J connectivity index is 2.26. The highest BCUT2D eigenvalue weighted by molar-refractivity contribution is 6.06. The topological polar surface area (TPSA) is 112 Å². The van der Waals surface area contributed by atoms with Crippen LogP contribution in [0.25, 0.3) is 33.3 Å². The molecular formula is C18H15N5O4. The zero-order chi connectivity index (χ0) is 19.3. The van der Waals surface area contributed by atoms with Crippen LogP contribution in [-0.4, -0.2) is 30.3 Å². The van der Waals surface area contributed by atoms with Crippen LogP contribution in [0, 0.1) is 0 Å². The third kappa shape index (κ3) is 2.43. The SMILES string of the molecule is CC(=O)Oc1c2c(-c3ccccc3)[nH]nc2nc2c1c(=O)n(C)c(=O)n2C. The van der Waals surface area contributed by atoms with Crippen molar-refractivity contribution in [1.29, 1.82) is 0 Å². The molecule has 9 nitrogen and oxygen atoms in total. The summed E-state index contributed by atoms with van der Waals surface area (Å²) in [5, 5.41) is 7.52. The number of hydrogen-bond acceptors (Lipinski definition) is 6. The van der Waals surface area contributed by atoms with E-state index in [0.717, 1.165) is 10.1 Å². The van der Waals surface area contributed by atoms with E-state index in [-0.39, 0.29) is 22.4 Å². The van der Waals surface area contributed by atoms with Gasteiger partial charge in [0.1, 0.15) is 5.39 Å². The number of H-pyrrole nitrogens is 1. The molecule has 0 bridgehead atoms. The summed E-state index contributed by atoms with van der Waals surface area (Å²) in [4.78, 5) is 41.2. The minimum Gasteiger partial charge on any atom is -0.425 e. The molecule has 1 aromatic carbocycles. The molecule has 136 valence electrons. The number of aryl methyl sites for hydroxylation is 1. The maximum Gasteiger partial charge on any atom is 0.332 e. The molecular weight excluding hydrogens is 350 g/mol. The van der Waals surface area contributed by atoms with Gasteiger partial charge < -0.3 is 4.74 Å². The number of esters is 1. The molecule has 0 fully saturated rings. The maximum absolute atomic E-state index is 12.8. The molecule has 4 aromatic rings. The van der Waals surface area contributed by atoms with Crippen molar-refractivity contribution in [2.24, 2.45) is 14.1 Å². The lowest BCUT2D eigenvalue weighted by atomic mass is 10.1. The number of fused-ring (bicyclic) bond motifs is 2. The van der Waals surface area contributed by atoms with Crippen LogP contribution in [0.2, 0.25) is 0 Å².